The van der Waals surface area contributed by atoms with E-state index in [4.69, 9.17) is 14.2 Å². The molecule has 0 atom stereocenters. The third kappa shape index (κ3) is 4.06. The monoisotopic (exact) mass is 347 g/mol. The summed E-state index contributed by atoms with van der Waals surface area (Å²) in [6.07, 6.45) is 1.51. The molecule has 2 aromatic rings. The SMILES string of the molecule is COc1cccc(CNS(=O)(=O)C=Cc2ccc3c(c2)OCO3)c1. The first-order valence-electron chi connectivity index (χ1n) is 7.26. The number of hydrogen-bond donors (Lipinski definition) is 1. The van der Waals surface area contributed by atoms with Gasteiger partial charge in [0.05, 0.1) is 7.11 Å². The molecule has 0 amide bonds. The van der Waals surface area contributed by atoms with Crippen LogP contribution in [0.25, 0.3) is 6.08 Å². The smallest absolute Gasteiger partial charge is 0.234 e. The van der Waals surface area contributed by atoms with Gasteiger partial charge in [0.25, 0.3) is 0 Å². The first kappa shape index (κ1) is 16.4. The fourth-order valence-corrected chi connectivity index (χ4v) is 3.00. The van der Waals surface area contributed by atoms with Gasteiger partial charge >= 0.3 is 0 Å². The van der Waals surface area contributed by atoms with Crippen molar-refractivity contribution < 1.29 is 22.6 Å². The minimum absolute atomic E-state index is 0.183. The molecule has 3 rings (SSSR count). The summed E-state index contributed by atoms with van der Waals surface area (Å²) in [5, 5.41) is 1.13. The van der Waals surface area contributed by atoms with Crippen molar-refractivity contribution in [3.63, 3.8) is 0 Å². The largest absolute Gasteiger partial charge is 0.497 e. The second-order valence-electron chi connectivity index (χ2n) is 5.13. The topological polar surface area (TPSA) is 73.9 Å². The van der Waals surface area contributed by atoms with E-state index in [-0.39, 0.29) is 13.3 Å². The Kier molecular flexibility index (Phi) is 4.73. The van der Waals surface area contributed by atoms with E-state index in [1.807, 2.05) is 12.1 Å². The van der Waals surface area contributed by atoms with Gasteiger partial charge in [0.15, 0.2) is 11.5 Å². The van der Waals surface area contributed by atoms with Gasteiger partial charge in [-0.1, -0.05) is 18.2 Å². The molecule has 0 spiro atoms. The molecular formula is C17H17NO5S. The molecule has 2 aromatic carbocycles. The molecule has 1 aliphatic heterocycles. The van der Waals surface area contributed by atoms with Gasteiger partial charge in [0, 0.05) is 12.0 Å². The maximum atomic E-state index is 12.1. The lowest BCUT2D eigenvalue weighted by Gasteiger charge is -2.05. The average molecular weight is 347 g/mol. The van der Waals surface area contributed by atoms with Crippen LogP contribution in [0.2, 0.25) is 0 Å². The third-order valence-electron chi connectivity index (χ3n) is 3.45. The highest BCUT2D eigenvalue weighted by Gasteiger charge is 2.12. The van der Waals surface area contributed by atoms with Crippen molar-refractivity contribution in [1.29, 1.82) is 0 Å². The summed E-state index contributed by atoms with van der Waals surface area (Å²) in [5.41, 5.74) is 1.53. The summed E-state index contributed by atoms with van der Waals surface area (Å²) in [5.74, 6) is 1.95. The molecule has 0 saturated carbocycles. The van der Waals surface area contributed by atoms with Crippen molar-refractivity contribution in [1.82, 2.24) is 4.72 Å². The van der Waals surface area contributed by atoms with Crippen LogP contribution in [-0.4, -0.2) is 22.3 Å². The molecule has 0 unspecified atom stereocenters. The van der Waals surface area contributed by atoms with E-state index in [9.17, 15) is 8.42 Å². The zero-order valence-corrected chi connectivity index (χ0v) is 13.9. The second-order valence-corrected chi connectivity index (χ2v) is 6.78. The predicted octanol–water partition coefficient (Wildman–Crippen LogP) is 2.51. The number of ether oxygens (including phenoxy) is 3. The fraction of sp³-hybridized carbons (Fsp3) is 0.176. The number of rotatable bonds is 6. The average Bonchev–Trinajstić information content (AvgIpc) is 3.06. The molecule has 0 radical (unpaired) electrons. The Morgan fingerprint density at radius 3 is 2.83 bits per heavy atom. The van der Waals surface area contributed by atoms with E-state index in [1.165, 1.54) is 6.08 Å². The van der Waals surface area contributed by atoms with E-state index < -0.39 is 10.0 Å². The molecule has 0 fully saturated rings. The van der Waals surface area contributed by atoms with Crippen molar-refractivity contribution >= 4 is 16.1 Å². The highest BCUT2D eigenvalue weighted by atomic mass is 32.2. The first-order valence-corrected chi connectivity index (χ1v) is 8.81. The number of hydrogen-bond acceptors (Lipinski definition) is 5. The van der Waals surface area contributed by atoms with Gasteiger partial charge in [0.1, 0.15) is 5.75 Å². The summed E-state index contributed by atoms with van der Waals surface area (Å²) < 4.78 is 42.3. The summed E-state index contributed by atoms with van der Waals surface area (Å²) in [4.78, 5) is 0. The molecule has 0 saturated heterocycles. The quantitative estimate of drug-likeness (QED) is 0.869. The summed E-state index contributed by atoms with van der Waals surface area (Å²) in [6.45, 7) is 0.369. The van der Waals surface area contributed by atoms with Crippen LogP contribution in [-0.2, 0) is 16.6 Å². The van der Waals surface area contributed by atoms with Crippen LogP contribution in [0.1, 0.15) is 11.1 Å². The lowest BCUT2D eigenvalue weighted by Crippen LogP contribution is -2.20. The Morgan fingerprint density at radius 2 is 2.00 bits per heavy atom. The number of benzene rings is 2. The first-order chi connectivity index (χ1) is 11.6. The number of fused-ring (bicyclic) bond motifs is 1. The summed E-state index contributed by atoms with van der Waals surface area (Å²) >= 11 is 0. The Morgan fingerprint density at radius 1 is 1.17 bits per heavy atom. The molecule has 24 heavy (non-hydrogen) atoms. The minimum atomic E-state index is -3.56. The molecule has 0 aromatic heterocycles. The van der Waals surface area contributed by atoms with E-state index in [2.05, 4.69) is 4.72 Å². The highest BCUT2D eigenvalue weighted by molar-refractivity contribution is 7.92. The van der Waals surface area contributed by atoms with Crippen LogP contribution in [0.3, 0.4) is 0 Å². The van der Waals surface area contributed by atoms with Crippen LogP contribution in [0.4, 0.5) is 0 Å². The van der Waals surface area contributed by atoms with Gasteiger partial charge in [-0.05, 0) is 41.5 Å². The predicted molar refractivity (Wildman–Crippen MR) is 90.4 cm³/mol. The molecule has 6 nitrogen and oxygen atoms in total. The van der Waals surface area contributed by atoms with Gasteiger partial charge in [-0.3, -0.25) is 0 Å². The molecule has 1 N–H and O–H groups in total. The lowest BCUT2D eigenvalue weighted by molar-refractivity contribution is 0.174. The third-order valence-corrected chi connectivity index (χ3v) is 4.49. The van der Waals surface area contributed by atoms with Crippen LogP contribution in [0, 0.1) is 0 Å². The standard InChI is InChI=1S/C17H17NO5S/c1-21-15-4-2-3-14(9-15)11-18-24(19,20)8-7-13-5-6-16-17(10-13)23-12-22-16/h2-10,18H,11-12H2,1H3. The Labute approximate surface area is 140 Å². The Balaban J connectivity index is 1.65. The number of methoxy groups -OCH3 is 1. The van der Waals surface area contributed by atoms with E-state index in [0.29, 0.717) is 22.8 Å². The van der Waals surface area contributed by atoms with Gasteiger partial charge < -0.3 is 14.2 Å². The van der Waals surface area contributed by atoms with E-state index in [1.54, 1.807) is 37.4 Å². The maximum Gasteiger partial charge on any atom is 0.234 e. The molecule has 1 aliphatic rings. The van der Waals surface area contributed by atoms with Crippen LogP contribution < -0.4 is 18.9 Å². The molecular weight excluding hydrogens is 330 g/mol. The van der Waals surface area contributed by atoms with Crippen LogP contribution >= 0.6 is 0 Å². The minimum Gasteiger partial charge on any atom is -0.497 e. The summed E-state index contributed by atoms with van der Waals surface area (Å²) in [6, 6.07) is 12.5. The highest BCUT2D eigenvalue weighted by Crippen LogP contribution is 2.32. The van der Waals surface area contributed by atoms with Crippen molar-refractivity contribution in [2.24, 2.45) is 0 Å². The van der Waals surface area contributed by atoms with Crippen molar-refractivity contribution in [2.45, 2.75) is 6.54 Å². The number of nitrogens with one attached hydrogen (secondary N) is 1. The lowest BCUT2D eigenvalue weighted by atomic mass is 10.2. The molecule has 126 valence electrons. The summed E-state index contributed by atoms with van der Waals surface area (Å²) in [7, 11) is -1.99. The molecule has 1 heterocycles. The zero-order valence-electron chi connectivity index (χ0n) is 13.1. The normalized spacial score (nSPS) is 13.4. The molecule has 0 aliphatic carbocycles. The van der Waals surface area contributed by atoms with Gasteiger partial charge in [-0.15, -0.1) is 0 Å². The van der Waals surface area contributed by atoms with Crippen molar-refractivity contribution in [3.8, 4) is 17.2 Å². The van der Waals surface area contributed by atoms with Crippen molar-refractivity contribution in [2.75, 3.05) is 13.9 Å². The fourth-order valence-electron chi connectivity index (χ4n) is 2.20. The molecule has 7 heteroatoms. The maximum absolute atomic E-state index is 12.1. The van der Waals surface area contributed by atoms with Gasteiger partial charge in [-0.2, -0.15) is 0 Å². The van der Waals surface area contributed by atoms with E-state index >= 15 is 0 Å². The van der Waals surface area contributed by atoms with Crippen molar-refractivity contribution in [3.05, 3.63) is 59.0 Å². The van der Waals surface area contributed by atoms with Crippen LogP contribution in [0.5, 0.6) is 17.2 Å². The van der Waals surface area contributed by atoms with E-state index in [0.717, 1.165) is 11.0 Å². The second kappa shape index (κ2) is 6.94. The molecule has 0 bridgehead atoms. The Bertz CT molecular complexity index is 861. The Hall–Kier alpha value is -2.51. The zero-order chi connectivity index (χ0) is 17.0. The van der Waals surface area contributed by atoms with Crippen LogP contribution in [0.15, 0.2) is 47.9 Å². The van der Waals surface area contributed by atoms with Gasteiger partial charge in [0.2, 0.25) is 16.8 Å². The number of sulfonamides is 1. The van der Waals surface area contributed by atoms with Gasteiger partial charge in [-0.25, -0.2) is 13.1 Å².